The van der Waals surface area contributed by atoms with E-state index < -0.39 is 23.4 Å². The van der Waals surface area contributed by atoms with Gasteiger partial charge in [-0.3, -0.25) is 15.1 Å². The number of pyridine rings is 1. The van der Waals surface area contributed by atoms with Crippen LogP contribution < -0.4 is 10.6 Å². The molecular weight excluding hydrogens is 379 g/mol. The van der Waals surface area contributed by atoms with Gasteiger partial charge in [-0.1, -0.05) is 5.16 Å². The monoisotopic (exact) mass is 398 g/mol. The van der Waals surface area contributed by atoms with Crippen molar-refractivity contribution in [3.05, 3.63) is 60.3 Å². The summed E-state index contributed by atoms with van der Waals surface area (Å²) in [5.74, 6) is -0.845. The van der Waals surface area contributed by atoms with Crippen LogP contribution in [-0.2, 0) is 4.74 Å². The second-order valence-electron chi connectivity index (χ2n) is 7.09. The van der Waals surface area contributed by atoms with Crippen LogP contribution in [0, 0.1) is 5.82 Å². The van der Waals surface area contributed by atoms with E-state index in [2.05, 4.69) is 20.8 Å². The molecule has 0 saturated heterocycles. The number of nitrogens with one attached hydrogen (secondary N) is 2. The van der Waals surface area contributed by atoms with E-state index in [0.29, 0.717) is 11.3 Å². The van der Waals surface area contributed by atoms with Gasteiger partial charge >= 0.3 is 6.09 Å². The number of nitrogens with zero attached hydrogens (tertiary/aromatic N) is 2. The highest BCUT2D eigenvalue weighted by molar-refractivity contribution is 6.03. The van der Waals surface area contributed by atoms with E-state index in [1.165, 1.54) is 18.2 Å². The predicted octanol–water partition coefficient (Wildman–Crippen LogP) is 4.48. The van der Waals surface area contributed by atoms with Crippen molar-refractivity contribution in [1.82, 2.24) is 10.1 Å². The predicted molar refractivity (Wildman–Crippen MR) is 104 cm³/mol. The first-order valence-electron chi connectivity index (χ1n) is 8.69. The van der Waals surface area contributed by atoms with Crippen LogP contribution in [0.3, 0.4) is 0 Å². The molecule has 150 valence electrons. The van der Waals surface area contributed by atoms with E-state index in [1.807, 2.05) is 0 Å². The lowest BCUT2D eigenvalue weighted by molar-refractivity contribution is 0.0635. The Kier molecular flexibility index (Phi) is 5.58. The van der Waals surface area contributed by atoms with E-state index in [9.17, 15) is 14.0 Å². The number of carbonyl (C=O) groups excluding carboxylic acids is 2. The molecule has 29 heavy (non-hydrogen) atoms. The third-order valence-electron chi connectivity index (χ3n) is 3.55. The van der Waals surface area contributed by atoms with Crippen molar-refractivity contribution >= 4 is 23.4 Å². The molecular formula is C20H19FN4O4. The highest BCUT2D eigenvalue weighted by Crippen LogP contribution is 2.23. The fourth-order valence-electron chi connectivity index (χ4n) is 2.33. The lowest BCUT2D eigenvalue weighted by Crippen LogP contribution is -2.27. The van der Waals surface area contributed by atoms with E-state index in [0.717, 1.165) is 6.07 Å². The largest absolute Gasteiger partial charge is 0.444 e. The quantitative estimate of drug-likeness (QED) is 0.671. The molecule has 3 rings (SSSR count). The number of halogens is 1. The minimum Gasteiger partial charge on any atom is -0.444 e. The molecule has 0 radical (unpaired) electrons. The second kappa shape index (κ2) is 8.09. The highest BCUT2D eigenvalue weighted by Gasteiger charge is 2.18. The zero-order valence-electron chi connectivity index (χ0n) is 16.0. The summed E-state index contributed by atoms with van der Waals surface area (Å²) in [7, 11) is 0. The van der Waals surface area contributed by atoms with Crippen LogP contribution in [0.5, 0.6) is 0 Å². The molecule has 3 aromatic rings. The van der Waals surface area contributed by atoms with Gasteiger partial charge < -0.3 is 14.6 Å². The molecule has 1 aromatic carbocycles. The van der Waals surface area contributed by atoms with Crippen LogP contribution in [0.25, 0.3) is 11.3 Å². The molecule has 0 saturated carbocycles. The number of ether oxygens (including phenoxy) is 1. The summed E-state index contributed by atoms with van der Waals surface area (Å²) in [4.78, 5) is 28.2. The van der Waals surface area contributed by atoms with Gasteiger partial charge in [-0.05, 0) is 51.1 Å². The summed E-state index contributed by atoms with van der Waals surface area (Å²) in [6.07, 6.45) is 2.39. The average Bonchev–Trinajstić information content (AvgIpc) is 3.14. The number of hydrogen-bond donors (Lipinski definition) is 2. The van der Waals surface area contributed by atoms with Crippen molar-refractivity contribution in [2.24, 2.45) is 0 Å². The van der Waals surface area contributed by atoms with Crippen molar-refractivity contribution in [2.75, 3.05) is 10.6 Å². The van der Waals surface area contributed by atoms with Gasteiger partial charge in [0, 0.05) is 29.7 Å². The molecule has 0 aliphatic rings. The SMILES string of the molecule is CC(C)(C)OC(=O)Nc1cc(NC(=O)c2cc(-c3cccnc3)on2)ccc1F. The van der Waals surface area contributed by atoms with Crippen LogP contribution in [0.4, 0.5) is 20.6 Å². The summed E-state index contributed by atoms with van der Waals surface area (Å²) in [5, 5.41) is 8.63. The molecule has 0 fully saturated rings. The molecule has 0 unspecified atom stereocenters. The Hall–Kier alpha value is -3.75. The minimum atomic E-state index is -0.808. The standard InChI is InChI=1S/C20H19FN4O4/c1-20(2,3)28-19(27)24-15-9-13(6-7-14(15)21)23-18(26)16-10-17(29-25-16)12-5-4-8-22-11-12/h4-11H,1-3H3,(H,23,26)(H,24,27). The molecule has 2 heterocycles. The van der Waals surface area contributed by atoms with E-state index in [-0.39, 0.29) is 17.1 Å². The smallest absolute Gasteiger partial charge is 0.412 e. The fraction of sp³-hybridized carbons (Fsp3) is 0.200. The fourth-order valence-corrected chi connectivity index (χ4v) is 2.33. The van der Waals surface area contributed by atoms with Crippen LogP contribution in [0.1, 0.15) is 31.3 Å². The third-order valence-corrected chi connectivity index (χ3v) is 3.55. The summed E-state index contributed by atoms with van der Waals surface area (Å²) in [6, 6.07) is 8.72. The summed E-state index contributed by atoms with van der Waals surface area (Å²) >= 11 is 0. The van der Waals surface area contributed by atoms with Crippen molar-refractivity contribution in [3.63, 3.8) is 0 Å². The van der Waals surface area contributed by atoms with Crippen LogP contribution >= 0.6 is 0 Å². The maximum atomic E-state index is 14.0. The van der Waals surface area contributed by atoms with E-state index in [1.54, 1.807) is 45.3 Å². The summed E-state index contributed by atoms with van der Waals surface area (Å²) in [6.45, 7) is 5.08. The Balaban J connectivity index is 1.71. The lowest BCUT2D eigenvalue weighted by Gasteiger charge is -2.20. The number of rotatable bonds is 4. The van der Waals surface area contributed by atoms with Gasteiger partial charge in [0.15, 0.2) is 11.5 Å². The maximum Gasteiger partial charge on any atom is 0.412 e. The zero-order valence-corrected chi connectivity index (χ0v) is 16.0. The summed E-state index contributed by atoms with van der Waals surface area (Å²) < 4.78 is 24.3. The molecule has 8 nitrogen and oxygen atoms in total. The molecule has 9 heteroatoms. The summed E-state index contributed by atoms with van der Waals surface area (Å²) in [5.41, 5.74) is 0.104. The number of amides is 2. The third kappa shape index (κ3) is 5.38. The molecule has 0 spiro atoms. The molecule has 2 N–H and O–H groups in total. The van der Waals surface area contributed by atoms with Gasteiger partial charge in [-0.15, -0.1) is 0 Å². The van der Waals surface area contributed by atoms with Crippen molar-refractivity contribution < 1.29 is 23.2 Å². The van der Waals surface area contributed by atoms with Crippen molar-refractivity contribution in [3.8, 4) is 11.3 Å². The van der Waals surface area contributed by atoms with Gasteiger partial charge in [0.05, 0.1) is 5.69 Å². The van der Waals surface area contributed by atoms with Gasteiger partial charge in [0.1, 0.15) is 11.4 Å². The van der Waals surface area contributed by atoms with Crippen LogP contribution in [0.2, 0.25) is 0 Å². The number of aromatic nitrogens is 2. The van der Waals surface area contributed by atoms with Gasteiger partial charge in [0.25, 0.3) is 5.91 Å². The Morgan fingerprint density at radius 3 is 2.62 bits per heavy atom. The topological polar surface area (TPSA) is 106 Å². The number of benzene rings is 1. The van der Waals surface area contributed by atoms with Gasteiger partial charge in [-0.2, -0.15) is 0 Å². The average molecular weight is 398 g/mol. The Morgan fingerprint density at radius 2 is 1.93 bits per heavy atom. The van der Waals surface area contributed by atoms with Gasteiger partial charge in [0.2, 0.25) is 0 Å². The van der Waals surface area contributed by atoms with Crippen molar-refractivity contribution in [1.29, 1.82) is 0 Å². The maximum absolute atomic E-state index is 14.0. The molecule has 0 bridgehead atoms. The lowest BCUT2D eigenvalue weighted by atomic mass is 10.2. The van der Waals surface area contributed by atoms with E-state index in [4.69, 9.17) is 9.26 Å². The first-order chi connectivity index (χ1) is 13.7. The Labute approximate surface area is 166 Å². The first kappa shape index (κ1) is 20.0. The minimum absolute atomic E-state index is 0.0369. The first-order valence-corrected chi connectivity index (χ1v) is 8.69. The van der Waals surface area contributed by atoms with Gasteiger partial charge in [-0.25, -0.2) is 9.18 Å². The normalized spacial score (nSPS) is 11.0. The number of anilines is 2. The second-order valence-corrected chi connectivity index (χ2v) is 7.09. The van der Waals surface area contributed by atoms with Crippen LogP contribution in [-0.4, -0.2) is 27.7 Å². The molecule has 0 atom stereocenters. The zero-order chi connectivity index (χ0) is 21.0. The van der Waals surface area contributed by atoms with Crippen molar-refractivity contribution in [2.45, 2.75) is 26.4 Å². The molecule has 2 amide bonds. The Bertz CT molecular complexity index is 1030. The number of carbonyl (C=O) groups is 2. The Morgan fingerprint density at radius 1 is 1.14 bits per heavy atom. The van der Waals surface area contributed by atoms with E-state index >= 15 is 0 Å². The number of hydrogen-bond acceptors (Lipinski definition) is 6. The highest BCUT2D eigenvalue weighted by atomic mass is 19.1. The van der Waals surface area contributed by atoms with Crippen LogP contribution in [0.15, 0.2) is 53.3 Å². The molecule has 2 aromatic heterocycles. The molecule has 0 aliphatic heterocycles. The molecule has 0 aliphatic carbocycles.